The number of aromatic amines is 1. The van der Waals surface area contributed by atoms with Crippen molar-refractivity contribution in [3.63, 3.8) is 0 Å². The fourth-order valence-corrected chi connectivity index (χ4v) is 2.72. The van der Waals surface area contributed by atoms with E-state index in [1.54, 1.807) is 24.5 Å². The maximum Gasteiger partial charge on any atom is 0.179 e. The highest BCUT2D eigenvalue weighted by molar-refractivity contribution is 6.31. The second kappa shape index (κ2) is 7.23. The largest absolute Gasteiger partial charge is 0.508 e. The number of rotatable bonds is 2. The number of nitrogens with one attached hydrogen (secondary N) is 1. The van der Waals surface area contributed by atoms with Gasteiger partial charge in [-0.15, -0.1) is 5.10 Å². The number of H-pyrrole nitrogens is 1. The van der Waals surface area contributed by atoms with E-state index in [-0.39, 0.29) is 5.75 Å². The Morgan fingerprint density at radius 3 is 2.44 bits per heavy atom. The monoisotopic (exact) mass is 374 g/mol. The van der Waals surface area contributed by atoms with Gasteiger partial charge in [0, 0.05) is 40.2 Å². The molecule has 0 unspecified atom stereocenters. The summed E-state index contributed by atoms with van der Waals surface area (Å²) in [6.45, 7) is 0. The van der Waals surface area contributed by atoms with Crippen LogP contribution in [0.2, 0.25) is 5.02 Å². The number of benzene rings is 2. The lowest BCUT2D eigenvalue weighted by molar-refractivity contribution is 0.475. The number of hydrogen-bond donors (Lipinski definition) is 2. The van der Waals surface area contributed by atoms with E-state index < -0.39 is 0 Å². The minimum atomic E-state index is 0.0951. The molecule has 0 bridgehead atoms. The Morgan fingerprint density at radius 2 is 1.70 bits per heavy atom. The summed E-state index contributed by atoms with van der Waals surface area (Å²) in [6, 6.07) is 10.3. The predicted molar refractivity (Wildman–Crippen MR) is 99.7 cm³/mol. The van der Waals surface area contributed by atoms with Crippen molar-refractivity contribution in [3.8, 4) is 40.1 Å². The summed E-state index contributed by atoms with van der Waals surface area (Å²) in [7, 11) is 0. The number of hydrogen-bond acceptors (Lipinski definition) is 6. The normalized spacial score (nSPS) is 10.3. The van der Waals surface area contributed by atoms with Crippen molar-refractivity contribution in [3.05, 3.63) is 71.3 Å². The zero-order valence-corrected chi connectivity index (χ0v) is 14.5. The van der Waals surface area contributed by atoms with Crippen LogP contribution in [0.1, 0.15) is 11.1 Å². The van der Waals surface area contributed by atoms with E-state index in [1.165, 1.54) is 12.4 Å². The molecule has 0 aliphatic carbocycles. The molecule has 2 aromatic carbocycles. The van der Waals surface area contributed by atoms with Crippen LogP contribution in [-0.2, 0) is 0 Å². The van der Waals surface area contributed by atoms with Gasteiger partial charge in [-0.3, -0.25) is 0 Å². The Morgan fingerprint density at radius 1 is 0.926 bits per heavy atom. The Balaban J connectivity index is 1.82. The Labute approximate surface area is 159 Å². The third-order valence-electron chi connectivity index (χ3n) is 3.79. The number of tetrazole rings is 1. The molecule has 2 N–H and O–H groups in total. The molecule has 0 aliphatic heterocycles. The van der Waals surface area contributed by atoms with E-state index in [2.05, 4.69) is 42.4 Å². The van der Waals surface area contributed by atoms with Gasteiger partial charge in [-0.2, -0.15) is 0 Å². The summed E-state index contributed by atoms with van der Waals surface area (Å²) in [4.78, 5) is 8.16. The molecular weight excluding hydrogens is 364 g/mol. The van der Waals surface area contributed by atoms with Crippen LogP contribution < -0.4 is 0 Å². The van der Waals surface area contributed by atoms with Gasteiger partial charge < -0.3 is 5.11 Å². The van der Waals surface area contributed by atoms with Crippen molar-refractivity contribution >= 4 is 11.6 Å². The molecule has 2 heterocycles. The van der Waals surface area contributed by atoms with Crippen LogP contribution in [0, 0.1) is 11.8 Å². The molecule has 2 aromatic heterocycles. The number of aromatic nitrogens is 6. The summed E-state index contributed by atoms with van der Waals surface area (Å²) in [6.07, 6.45) is 4.89. The number of aromatic hydroxyl groups is 1. The second-order valence-corrected chi connectivity index (χ2v) is 5.96. The van der Waals surface area contributed by atoms with Crippen molar-refractivity contribution in [2.45, 2.75) is 0 Å². The van der Waals surface area contributed by atoms with Crippen molar-refractivity contribution < 1.29 is 5.11 Å². The van der Waals surface area contributed by atoms with Crippen molar-refractivity contribution in [1.29, 1.82) is 0 Å². The highest BCUT2D eigenvalue weighted by Gasteiger charge is 2.09. The molecule has 7 nitrogen and oxygen atoms in total. The van der Waals surface area contributed by atoms with Crippen molar-refractivity contribution in [1.82, 2.24) is 30.6 Å². The lowest BCUT2D eigenvalue weighted by atomic mass is 9.99. The first-order valence-electron chi connectivity index (χ1n) is 7.85. The molecule has 8 heteroatoms. The van der Waals surface area contributed by atoms with E-state index in [0.29, 0.717) is 16.4 Å². The Kier molecular flexibility index (Phi) is 4.47. The van der Waals surface area contributed by atoms with Gasteiger partial charge in [-0.1, -0.05) is 23.4 Å². The second-order valence-electron chi connectivity index (χ2n) is 5.55. The zero-order valence-electron chi connectivity index (χ0n) is 13.8. The molecule has 0 amide bonds. The van der Waals surface area contributed by atoms with Gasteiger partial charge in [0.1, 0.15) is 12.1 Å². The fourth-order valence-electron chi connectivity index (χ4n) is 2.50. The predicted octanol–water partition coefficient (Wildman–Crippen LogP) is 3.08. The van der Waals surface area contributed by atoms with Crippen LogP contribution >= 0.6 is 11.6 Å². The van der Waals surface area contributed by atoms with Gasteiger partial charge in [0.2, 0.25) is 0 Å². The Hall–Kier alpha value is -3.76. The summed E-state index contributed by atoms with van der Waals surface area (Å²) in [5.41, 5.74) is 3.85. The first-order valence-corrected chi connectivity index (χ1v) is 8.22. The SMILES string of the molecule is Oc1ccc(C#Cc2ccc(-c3nnn[nH]3)cc2-c2cncnc2)c(Cl)c1. The third kappa shape index (κ3) is 3.61. The zero-order chi connectivity index (χ0) is 18.6. The van der Waals surface area contributed by atoms with Gasteiger partial charge in [0.25, 0.3) is 0 Å². The number of phenols is 1. The molecule has 0 aliphatic rings. The number of halogens is 1. The third-order valence-corrected chi connectivity index (χ3v) is 4.11. The lowest BCUT2D eigenvalue weighted by Crippen LogP contribution is -1.90. The topological polar surface area (TPSA) is 100 Å². The quantitative estimate of drug-likeness (QED) is 0.523. The van der Waals surface area contributed by atoms with Gasteiger partial charge in [0.05, 0.1) is 5.02 Å². The van der Waals surface area contributed by atoms with E-state index in [9.17, 15) is 5.11 Å². The number of phenolic OH excluding ortho intramolecular Hbond substituents is 1. The molecule has 0 radical (unpaired) electrons. The van der Waals surface area contributed by atoms with E-state index in [1.807, 2.05) is 18.2 Å². The molecule has 0 atom stereocenters. The lowest BCUT2D eigenvalue weighted by Gasteiger charge is -2.06. The van der Waals surface area contributed by atoms with Gasteiger partial charge in [0.15, 0.2) is 5.82 Å². The summed E-state index contributed by atoms with van der Waals surface area (Å²) in [5, 5.41) is 23.8. The van der Waals surface area contributed by atoms with Crippen LogP contribution in [0.25, 0.3) is 22.5 Å². The van der Waals surface area contributed by atoms with Crippen LogP contribution in [0.3, 0.4) is 0 Å². The molecule has 0 saturated heterocycles. The highest BCUT2D eigenvalue weighted by atomic mass is 35.5. The van der Waals surface area contributed by atoms with Crippen LogP contribution in [-0.4, -0.2) is 35.7 Å². The molecule has 130 valence electrons. The minimum Gasteiger partial charge on any atom is -0.508 e. The number of nitrogens with zero attached hydrogens (tertiary/aromatic N) is 5. The first-order chi connectivity index (χ1) is 13.2. The Bertz CT molecular complexity index is 1150. The fraction of sp³-hybridized carbons (Fsp3) is 0. The average Bonchev–Trinajstić information content (AvgIpc) is 3.23. The first kappa shape index (κ1) is 16.7. The molecule has 4 aromatic rings. The summed E-state index contributed by atoms with van der Waals surface area (Å²) >= 11 is 6.14. The van der Waals surface area contributed by atoms with E-state index in [0.717, 1.165) is 22.3 Å². The van der Waals surface area contributed by atoms with E-state index >= 15 is 0 Å². The van der Waals surface area contributed by atoms with Crippen molar-refractivity contribution in [2.24, 2.45) is 0 Å². The maximum atomic E-state index is 9.47. The average molecular weight is 375 g/mol. The molecule has 27 heavy (non-hydrogen) atoms. The van der Waals surface area contributed by atoms with Crippen LogP contribution in [0.15, 0.2) is 55.1 Å². The molecule has 0 fully saturated rings. The van der Waals surface area contributed by atoms with Gasteiger partial charge >= 0.3 is 0 Å². The van der Waals surface area contributed by atoms with Gasteiger partial charge in [-0.05, 0) is 46.8 Å². The molecular formula is C19H11ClN6O. The summed E-state index contributed by atoms with van der Waals surface area (Å²) < 4.78 is 0. The van der Waals surface area contributed by atoms with Crippen LogP contribution in [0.4, 0.5) is 0 Å². The standard InChI is InChI=1S/C19H11ClN6O/c20-18-8-16(27)6-5-13(18)3-1-12-2-4-14(19-23-25-26-24-19)7-17(12)15-9-21-11-22-10-15/h2,4-11,27H,(H,23,24,25,26). The van der Waals surface area contributed by atoms with E-state index in [4.69, 9.17) is 11.6 Å². The smallest absolute Gasteiger partial charge is 0.179 e. The van der Waals surface area contributed by atoms with Crippen LogP contribution in [0.5, 0.6) is 5.75 Å². The maximum absolute atomic E-state index is 9.47. The summed E-state index contributed by atoms with van der Waals surface area (Å²) in [5.74, 6) is 6.81. The molecule has 4 rings (SSSR count). The van der Waals surface area contributed by atoms with Gasteiger partial charge in [-0.25, -0.2) is 15.1 Å². The molecule has 0 spiro atoms. The van der Waals surface area contributed by atoms with Crippen molar-refractivity contribution in [2.75, 3.05) is 0 Å². The molecule has 0 saturated carbocycles. The minimum absolute atomic E-state index is 0.0951. The highest BCUT2D eigenvalue weighted by Crippen LogP contribution is 2.27.